The average molecular weight is 165 g/mol. The summed E-state index contributed by atoms with van der Waals surface area (Å²) in [5.41, 5.74) is 0. The molecule has 10 heavy (non-hydrogen) atoms. The summed E-state index contributed by atoms with van der Waals surface area (Å²) in [6.45, 7) is 3.54. The molecule has 1 N–H and O–H groups in total. The minimum Gasteiger partial charge on any atom is -0.362 e. The lowest BCUT2D eigenvalue weighted by Gasteiger charge is -2.13. The zero-order valence-electron chi connectivity index (χ0n) is 6.39. The molecule has 0 aromatic heterocycles. The van der Waals surface area contributed by atoms with E-state index in [1.54, 1.807) is 0 Å². The van der Waals surface area contributed by atoms with E-state index in [0.717, 1.165) is 12.8 Å². The lowest BCUT2D eigenvalue weighted by atomic mass is 10.1. The lowest BCUT2D eigenvalue weighted by molar-refractivity contribution is -0.120. The predicted molar refractivity (Wildman–Crippen MR) is 40.2 cm³/mol. The molecule has 0 spiro atoms. The maximum absolute atomic E-state index is 9.95. The highest BCUT2D eigenvalue weighted by Gasteiger charge is 2.24. The predicted octanol–water partition coefficient (Wildman–Crippen LogP) is 1.84. The molecule has 0 saturated heterocycles. The number of unbranched alkanes of at least 4 members (excludes halogenated alkanes) is 1. The fourth-order valence-corrected chi connectivity index (χ4v) is 0.927. The minimum absolute atomic E-state index is 0.540. The first-order valence-corrected chi connectivity index (χ1v) is 4.21. The third-order valence-corrected chi connectivity index (χ3v) is 1.78. The van der Waals surface area contributed by atoms with Crippen molar-refractivity contribution in [3.05, 3.63) is 0 Å². The summed E-state index contributed by atoms with van der Waals surface area (Å²) < 4.78 is 14.5. The van der Waals surface area contributed by atoms with Gasteiger partial charge in [-0.15, -0.1) is 4.52 Å². The van der Waals surface area contributed by atoms with Crippen molar-refractivity contribution in [1.29, 1.82) is 0 Å². The van der Waals surface area contributed by atoms with Crippen LogP contribution in [0.3, 0.4) is 0 Å². The second kappa shape index (κ2) is 4.78. The van der Waals surface area contributed by atoms with Crippen LogP contribution in [0.25, 0.3) is 0 Å². The van der Waals surface area contributed by atoms with Crippen molar-refractivity contribution in [1.82, 2.24) is 0 Å². The van der Waals surface area contributed by atoms with Crippen molar-refractivity contribution in [2.75, 3.05) is 0 Å². The molecule has 60 valence electrons. The zero-order chi connectivity index (χ0) is 8.04. The first-order valence-electron chi connectivity index (χ1n) is 3.40. The smallest absolute Gasteiger partial charge is 0.362 e. The molecule has 0 amide bonds. The van der Waals surface area contributed by atoms with Crippen LogP contribution in [0.15, 0.2) is 0 Å². The summed E-state index contributed by atoms with van der Waals surface area (Å²) in [4.78, 5) is 0. The topological polar surface area (TPSA) is 46.5 Å². The maximum atomic E-state index is 9.95. The second-order valence-electron chi connectivity index (χ2n) is 2.46. The van der Waals surface area contributed by atoms with Gasteiger partial charge in [0.2, 0.25) is 5.79 Å². The summed E-state index contributed by atoms with van der Waals surface area (Å²) in [6, 6.07) is 0. The van der Waals surface area contributed by atoms with Gasteiger partial charge in [-0.05, 0) is 17.9 Å². The van der Waals surface area contributed by atoms with Gasteiger partial charge in [-0.3, -0.25) is 0 Å². The Bertz CT molecular complexity index is 103. The molecule has 0 aliphatic rings. The Labute approximate surface area is 62.7 Å². The molecule has 4 heteroatoms. The summed E-state index contributed by atoms with van der Waals surface area (Å²) >= 11 is 0. The van der Waals surface area contributed by atoms with Gasteiger partial charge < -0.3 is 5.11 Å². The third kappa shape index (κ3) is 4.86. The Morgan fingerprint density at radius 1 is 1.70 bits per heavy atom. The van der Waals surface area contributed by atoms with Crippen LogP contribution < -0.4 is 0 Å². The van der Waals surface area contributed by atoms with E-state index in [1.165, 1.54) is 6.92 Å². The van der Waals surface area contributed by atoms with E-state index in [1.807, 2.05) is 6.92 Å². The maximum Gasteiger partial charge on any atom is 0.497 e. The monoisotopic (exact) mass is 165 g/mol. The van der Waals surface area contributed by atoms with E-state index in [2.05, 4.69) is 4.52 Å². The highest BCUT2D eigenvalue weighted by molar-refractivity contribution is 7.17. The molecule has 0 rings (SSSR count). The Hall–Kier alpha value is 0.0200. The van der Waals surface area contributed by atoms with Crippen molar-refractivity contribution in [3.63, 3.8) is 0 Å². The molecule has 3 nitrogen and oxygen atoms in total. The number of hydrogen-bond acceptors (Lipinski definition) is 3. The summed E-state index contributed by atoms with van der Waals surface area (Å²) in [7, 11) is -0.880. The fraction of sp³-hybridized carbons (Fsp3) is 1.00. The molecule has 0 saturated carbocycles. The van der Waals surface area contributed by atoms with Crippen LogP contribution in [0.2, 0.25) is 0 Å². The van der Waals surface area contributed by atoms with Crippen molar-refractivity contribution >= 4 is 8.69 Å². The second-order valence-corrected chi connectivity index (χ2v) is 2.83. The van der Waals surface area contributed by atoms with Crippen molar-refractivity contribution in [2.24, 2.45) is 0 Å². The number of aliphatic hydroxyl groups is 1. The van der Waals surface area contributed by atoms with E-state index in [4.69, 9.17) is 0 Å². The van der Waals surface area contributed by atoms with E-state index in [9.17, 15) is 9.67 Å². The van der Waals surface area contributed by atoms with E-state index in [0.29, 0.717) is 6.42 Å². The van der Waals surface area contributed by atoms with Gasteiger partial charge in [0, 0.05) is 6.42 Å². The molecule has 2 unspecified atom stereocenters. The van der Waals surface area contributed by atoms with Gasteiger partial charge in [0.05, 0.1) is 0 Å². The molecule has 0 radical (unpaired) electrons. The van der Waals surface area contributed by atoms with E-state index in [-0.39, 0.29) is 0 Å². The van der Waals surface area contributed by atoms with Crippen LogP contribution in [-0.4, -0.2) is 10.9 Å². The first-order chi connectivity index (χ1) is 4.62. The molecule has 0 aromatic rings. The van der Waals surface area contributed by atoms with Crippen molar-refractivity contribution in [2.45, 2.75) is 38.9 Å². The number of rotatable bonds is 5. The molecule has 2 atom stereocenters. The quantitative estimate of drug-likeness (QED) is 0.499. The van der Waals surface area contributed by atoms with Crippen LogP contribution >= 0.6 is 8.69 Å². The third-order valence-electron chi connectivity index (χ3n) is 1.26. The fourth-order valence-electron chi connectivity index (χ4n) is 0.646. The Kier molecular flexibility index (Phi) is 4.79. The van der Waals surface area contributed by atoms with Gasteiger partial charge in [-0.2, -0.15) is 0 Å². The lowest BCUT2D eigenvalue weighted by Crippen LogP contribution is -2.23. The molecule has 0 aromatic carbocycles. The molecule has 0 fully saturated rings. The average Bonchev–Trinajstić information content (AvgIpc) is 1.84. The van der Waals surface area contributed by atoms with E-state index >= 15 is 0 Å². The molecule has 0 aliphatic carbocycles. The van der Waals surface area contributed by atoms with Gasteiger partial charge in [0.1, 0.15) is 0 Å². The van der Waals surface area contributed by atoms with Crippen molar-refractivity contribution < 1.29 is 14.2 Å². The van der Waals surface area contributed by atoms with Crippen molar-refractivity contribution in [3.8, 4) is 0 Å². The molecular weight excluding hydrogens is 151 g/mol. The standard InChI is InChI=1S/C6H14O3P/c1-3-4-5-6(2,7)9-10-8/h7,10H,3-5H2,1-2H3/q+1. The first kappa shape index (κ1) is 10.0. The highest BCUT2D eigenvalue weighted by Crippen LogP contribution is 2.19. The van der Waals surface area contributed by atoms with Gasteiger partial charge >= 0.3 is 8.69 Å². The summed E-state index contributed by atoms with van der Waals surface area (Å²) in [5, 5.41) is 9.23. The minimum atomic E-state index is -1.20. The largest absolute Gasteiger partial charge is 0.497 e. The van der Waals surface area contributed by atoms with Gasteiger partial charge in [0.15, 0.2) is 0 Å². The molecule has 0 heterocycles. The van der Waals surface area contributed by atoms with Crippen LogP contribution in [0.1, 0.15) is 33.1 Å². The SMILES string of the molecule is CCCCC(C)(O)O[PH+]=O. The summed E-state index contributed by atoms with van der Waals surface area (Å²) in [5.74, 6) is -1.20. The van der Waals surface area contributed by atoms with Gasteiger partial charge in [0.25, 0.3) is 0 Å². The summed E-state index contributed by atoms with van der Waals surface area (Å²) in [6.07, 6.45) is 2.43. The number of hydrogen-bond donors (Lipinski definition) is 1. The normalized spacial score (nSPS) is 17.1. The Morgan fingerprint density at radius 3 is 2.70 bits per heavy atom. The highest BCUT2D eigenvalue weighted by atomic mass is 31.1. The van der Waals surface area contributed by atoms with Crippen LogP contribution in [-0.2, 0) is 9.09 Å². The van der Waals surface area contributed by atoms with Gasteiger partial charge in [-0.25, -0.2) is 0 Å². The molecule has 0 aliphatic heterocycles. The Balaban J connectivity index is 3.51. The van der Waals surface area contributed by atoms with Crippen LogP contribution in [0.4, 0.5) is 0 Å². The Morgan fingerprint density at radius 2 is 2.30 bits per heavy atom. The van der Waals surface area contributed by atoms with Crippen LogP contribution in [0, 0.1) is 0 Å². The van der Waals surface area contributed by atoms with E-state index < -0.39 is 14.5 Å². The molecule has 0 bridgehead atoms. The van der Waals surface area contributed by atoms with Crippen LogP contribution in [0.5, 0.6) is 0 Å². The van der Waals surface area contributed by atoms with Gasteiger partial charge in [-0.1, -0.05) is 13.3 Å². The molecular formula is C6H14O3P+. The zero-order valence-corrected chi connectivity index (χ0v) is 7.39.